The molecule has 124 heavy (non-hydrogen) atoms. The lowest BCUT2D eigenvalue weighted by molar-refractivity contribution is 0.724. The van der Waals surface area contributed by atoms with Gasteiger partial charge in [-0.1, -0.05) is 388 Å². The van der Waals surface area contributed by atoms with Crippen LogP contribution in [0.25, 0.3) is 177 Å². The molecule has 26 rings (SSSR count). The summed E-state index contributed by atoms with van der Waals surface area (Å²) < 4.78 is 0. The van der Waals surface area contributed by atoms with Gasteiger partial charge in [-0.2, -0.15) is 0 Å². The number of rotatable bonds is 8. The van der Waals surface area contributed by atoms with Crippen molar-refractivity contribution in [2.75, 3.05) is 0 Å². The van der Waals surface area contributed by atoms with Gasteiger partial charge in [0, 0.05) is 90.8 Å². The molecule has 5 aromatic heterocycles. The molecule has 0 saturated heterocycles. The monoisotopic (exact) mass is 1610 g/mol. The van der Waals surface area contributed by atoms with E-state index in [1.165, 1.54) is 103 Å². The Morgan fingerprint density at radius 2 is 0.605 bits per heavy atom. The number of pyridine rings is 4. The fourth-order valence-corrected chi connectivity index (χ4v) is 22.9. The van der Waals surface area contributed by atoms with Crippen LogP contribution >= 0.6 is 23.5 Å². The van der Waals surface area contributed by atoms with Gasteiger partial charge in [0.2, 0.25) is 0 Å². The van der Waals surface area contributed by atoms with Crippen LogP contribution in [-0.2, 0) is 10.8 Å². The highest BCUT2D eigenvalue weighted by Crippen LogP contribution is 2.66. The number of aromatic nitrogens is 6. The van der Waals surface area contributed by atoms with Crippen molar-refractivity contribution in [3.8, 4) is 112 Å². The summed E-state index contributed by atoms with van der Waals surface area (Å²) in [7, 11) is 0. The lowest BCUT2D eigenvalue weighted by Crippen LogP contribution is -2.32. The summed E-state index contributed by atoms with van der Waals surface area (Å²) in [6.07, 6.45) is 0. The first-order valence-electron chi connectivity index (χ1n) is 42.2. The van der Waals surface area contributed by atoms with Crippen molar-refractivity contribution < 1.29 is 0 Å². The standard InChI is InChI=1S/C60H37N3S.C56H33N3S/c1-3-15-40(16-4-1)54-37-55(63-59(62-54)43-17-5-2-6-18-43)41-31-27-38(28-32-41)39-29-33-42(34-30-39)58-48-35-52-57(36-47(48)46-21-9-13-25-53(46)61-58)64-56-26-14-12-24-51(56)60(52)49-22-10-7-19-44(49)45-20-8-11-23-50(45)60;1-3-13-34(14-4-1)47-30-25-36-23-24-37-26-31-48(58-54(37)53(36)57-47)38-27-32-49-42(33-38)41-28-29-46-55(51(41)52(59-49)35-15-5-2-6-16-35)60-50-22-12-11-21-45(50)56(46)43-19-9-7-17-39(43)40-18-8-10-20-44(40)56/h1-37H;1-33H. The van der Waals surface area contributed by atoms with E-state index in [2.05, 4.69) is 382 Å². The van der Waals surface area contributed by atoms with Crippen molar-refractivity contribution in [2.24, 2.45) is 0 Å². The fourth-order valence-electron chi connectivity index (χ4n) is 20.3. The van der Waals surface area contributed by atoms with Gasteiger partial charge in [-0.3, -0.25) is 0 Å². The third-order valence-corrected chi connectivity index (χ3v) is 28.2. The van der Waals surface area contributed by atoms with Crippen LogP contribution in [0.5, 0.6) is 0 Å². The first-order chi connectivity index (χ1) is 61.4. The minimum atomic E-state index is -0.477. The third-order valence-electron chi connectivity index (χ3n) is 25.9. The van der Waals surface area contributed by atoms with Crippen molar-refractivity contribution in [1.82, 2.24) is 29.9 Å². The van der Waals surface area contributed by atoms with E-state index in [1.807, 2.05) is 66.0 Å². The molecule has 4 aliphatic rings. The van der Waals surface area contributed by atoms with E-state index in [0.29, 0.717) is 5.82 Å². The second-order valence-corrected chi connectivity index (χ2v) is 34.6. The van der Waals surface area contributed by atoms with E-state index in [0.717, 1.165) is 133 Å². The molecule has 22 aromatic rings. The lowest BCUT2D eigenvalue weighted by Gasteiger charge is -2.40. The van der Waals surface area contributed by atoms with Gasteiger partial charge in [-0.15, -0.1) is 0 Å². The van der Waals surface area contributed by atoms with Crippen LogP contribution in [0.1, 0.15) is 44.5 Å². The van der Waals surface area contributed by atoms with Crippen LogP contribution < -0.4 is 0 Å². The van der Waals surface area contributed by atoms with Gasteiger partial charge in [0.1, 0.15) is 0 Å². The molecule has 2 aliphatic carbocycles. The minimum absolute atomic E-state index is 0.463. The Hall–Kier alpha value is -15.3. The maximum absolute atomic E-state index is 5.56. The number of para-hydroxylation sites is 1. The van der Waals surface area contributed by atoms with E-state index in [4.69, 9.17) is 29.9 Å². The normalized spacial score (nSPS) is 13.2. The molecule has 2 spiro atoms. The summed E-state index contributed by atoms with van der Waals surface area (Å²) in [5.41, 5.74) is 34.0. The van der Waals surface area contributed by atoms with E-state index in [-0.39, 0.29) is 0 Å². The first-order valence-corrected chi connectivity index (χ1v) is 43.8. The lowest BCUT2D eigenvalue weighted by atomic mass is 9.67. The molecule has 0 amide bonds. The molecule has 2 aliphatic heterocycles. The van der Waals surface area contributed by atoms with Crippen LogP contribution in [0, 0.1) is 0 Å². The van der Waals surface area contributed by atoms with Crippen LogP contribution in [0.2, 0.25) is 0 Å². The maximum Gasteiger partial charge on any atom is 0.160 e. The van der Waals surface area contributed by atoms with Gasteiger partial charge in [-0.25, -0.2) is 29.9 Å². The fraction of sp³-hybridized carbons (Fsp3) is 0.0172. The second-order valence-electron chi connectivity index (χ2n) is 32.5. The molecule has 17 aromatic carbocycles. The van der Waals surface area contributed by atoms with Gasteiger partial charge in [-0.05, 0) is 149 Å². The Morgan fingerprint density at radius 3 is 1.18 bits per heavy atom. The Labute approximate surface area is 725 Å². The molecule has 0 unspecified atom stereocenters. The Morgan fingerprint density at radius 1 is 0.194 bits per heavy atom. The van der Waals surface area contributed by atoms with Gasteiger partial charge in [0.15, 0.2) is 5.82 Å². The molecular weight excluding hydrogens is 1540 g/mol. The summed E-state index contributed by atoms with van der Waals surface area (Å²) in [5, 5.41) is 9.15. The van der Waals surface area contributed by atoms with Gasteiger partial charge < -0.3 is 0 Å². The van der Waals surface area contributed by atoms with Gasteiger partial charge in [0.05, 0.1) is 67.1 Å². The Balaban J connectivity index is 0.000000136. The van der Waals surface area contributed by atoms with Gasteiger partial charge in [0.25, 0.3) is 0 Å². The first kappa shape index (κ1) is 71.6. The molecule has 0 fully saturated rings. The molecule has 0 bridgehead atoms. The number of hydrogen-bond donors (Lipinski definition) is 0. The minimum Gasteiger partial charge on any atom is -0.247 e. The quantitative estimate of drug-likeness (QED) is 0.139. The summed E-state index contributed by atoms with van der Waals surface area (Å²) in [4.78, 5) is 36.7. The maximum atomic E-state index is 5.56. The summed E-state index contributed by atoms with van der Waals surface area (Å²) >= 11 is 3.77. The van der Waals surface area contributed by atoms with Crippen molar-refractivity contribution in [2.45, 2.75) is 30.4 Å². The summed E-state index contributed by atoms with van der Waals surface area (Å²) in [5.74, 6) is 0.712. The smallest absolute Gasteiger partial charge is 0.160 e. The van der Waals surface area contributed by atoms with Crippen LogP contribution in [0.4, 0.5) is 0 Å². The highest BCUT2D eigenvalue weighted by atomic mass is 32.2. The van der Waals surface area contributed by atoms with Crippen LogP contribution in [-0.4, -0.2) is 29.9 Å². The van der Waals surface area contributed by atoms with Crippen LogP contribution in [0.3, 0.4) is 0 Å². The zero-order chi connectivity index (χ0) is 81.6. The van der Waals surface area contributed by atoms with E-state index in [1.54, 1.807) is 0 Å². The zero-order valence-corrected chi connectivity index (χ0v) is 68.5. The SMILES string of the molecule is c1ccc(-c2cc(-c3ccc(-c4ccc(-c5nc6ccccc6c6cc7c(cc56)C5(c6ccccc6S7)c6ccccc6-c6ccccc65)cc4)cc3)nc(-c3ccccc3)n2)cc1.c1ccc(-c2ccc3ccc4ccc(-c5ccc6nc(-c7ccccc7)c7c8c(ccc7c6c5)C5(c6ccccc6S8)c6ccccc6-c6ccccc65)nc4c3n2)cc1. The van der Waals surface area contributed by atoms with E-state index < -0.39 is 10.8 Å². The highest BCUT2D eigenvalue weighted by Gasteiger charge is 2.52. The molecule has 0 N–H and O–H groups in total. The van der Waals surface area contributed by atoms with E-state index in [9.17, 15) is 0 Å². The summed E-state index contributed by atoms with van der Waals surface area (Å²) in [6.45, 7) is 0. The number of benzene rings is 17. The van der Waals surface area contributed by atoms with Crippen molar-refractivity contribution in [3.63, 3.8) is 0 Å². The number of nitrogens with zero attached hydrogens (tertiary/aromatic N) is 6. The highest BCUT2D eigenvalue weighted by molar-refractivity contribution is 8.00. The zero-order valence-electron chi connectivity index (χ0n) is 66.9. The van der Waals surface area contributed by atoms with Crippen molar-refractivity contribution in [1.29, 1.82) is 0 Å². The Kier molecular flexibility index (Phi) is 16.6. The van der Waals surface area contributed by atoms with Gasteiger partial charge >= 0.3 is 0 Å². The molecular formula is C116H70N6S2. The molecule has 0 radical (unpaired) electrons. The third kappa shape index (κ3) is 11.2. The average molecular weight is 1610 g/mol. The predicted molar refractivity (Wildman–Crippen MR) is 511 cm³/mol. The largest absolute Gasteiger partial charge is 0.247 e. The van der Waals surface area contributed by atoms with Crippen molar-refractivity contribution in [3.05, 3.63) is 469 Å². The molecule has 8 heteroatoms. The second kappa shape index (κ2) is 28.7. The van der Waals surface area contributed by atoms with Crippen LogP contribution in [0.15, 0.2) is 444 Å². The number of fused-ring (bicyclic) bond motifs is 28. The molecule has 0 saturated carbocycles. The molecule has 6 nitrogen and oxygen atoms in total. The van der Waals surface area contributed by atoms with Crippen molar-refractivity contribution >= 4 is 88.7 Å². The molecule has 0 atom stereocenters. The number of hydrogen-bond acceptors (Lipinski definition) is 8. The molecule has 7 heterocycles. The van der Waals surface area contributed by atoms with E-state index >= 15 is 0 Å². The Bertz CT molecular complexity index is 8010. The summed E-state index contributed by atoms with van der Waals surface area (Å²) in [6, 6.07) is 153. The topological polar surface area (TPSA) is 77.3 Å². The average Bonchev–Trinajstić information content (AvgIpc) is 1.47. The molecule has 576 valence electrons. The predicted octanol–water partition coefficient (Wildman–Crippen LogP) is 29.7.